The predicted molar refractivity (Wildman–Crippen MR) is 64.5 cm³/mol. The van der Waals surface area contributed by atoms with Gasteiger partial charge < -0.3 is 0 Å². The molecule has 0 fully saturated rings. The second kappa shape index (κ2) is 4.24. The average molecular weight is 285 g/mol. The van der Waals surface area contributed by atoms with Gasteiger partial charge in [0.05, 0.1) is 10.0 Å². The van der Waals surface area contributed by atoms with Crippen molar-refractivity contribution in [3.8, 4) is 0 Å². The molecular weight excluding hydrogens is 276 g/mol. The van der Waals surface area contributed by atoms with E-state index in [0.717, 1.165) is 20.3 Å². The molecular formula is C9H9BrN4S. The fourth-order valence-electron chi connectivity index (χ4n) is 1.14. The first-order valence-electron chi connectivity index (χ1n) is 4.35. The fourth-order valence-corrected chi connectivity index (χ4v) is 2.43. The topological polar surface area (TPSA) is 43.1 Å². The number of aromatic nitrogens is 3. The van der Waals surface area contributed by atoms with Crippen LogP contribution in [0.1, 0.15) is 16.5 Å². The van der Waals surface area contributed by atoms with E-state index in [0.29, 0.717) is 0 Å². The number of nitrogens with zero attached hydrogens (tertiary/aromatic N) is 4. The number of aryl methyl sites for hydroxylation is 2. The van der Waals surface area contributed by atoms with Gasteiger partial charge in [-0.2, -0.15) is 5.10 Å². The largest absolute Gasteiger partial charge is 0.202 e. The van der Waals surface area contributed by atoms with Crippen molar-refractivity contribution in [2.75, 3.05) is 0 Å². The van der Waals surface area contributed by atoms with Gasteiger partial charge in [-0.3, -0.25) is 0 Å². The molecule has 0 aliphatic rings. The minimum absolute atomic E-state index is 0.791. The Hall–Kier alpha value is -1.01. The van der Waals surface area contributed by atoms with Gasteiger partial charge in [0.25, 0.3) is 0 Å². The van der Waals surface area contributed by atoms with Gasteiger partial charge in [0.1, 0.15) is 0 Å². The molecule has 0 unspecified atom stereocenters. The highest BCUT2D eigenvalue weighted by Gasteiger charge is 2.01. The fraction of sp³-hybridized carbons (Fsp3) is 0.222. The highest BCUT2D eigenvalue weighted by molar-refractivity contribution is 9.11. The summed E-state index contributed by atoms with van der Waals surface area (Å²) in [7, 11) is 0. The first-order chi connectivity index (χ1) is 7.16. The summed E-state index contributed by atoms with van der Waals surface area (Å²) in [6, 6.07) is 4.01. The van der Waals surface area contributed by atoms with Crippen molar-refractivity contribution >= 4 is 33.5 Å². The molecule has 2 rings (SSSR count). The molecule has 0 atom stereocenters. The van der Waals surface area contributed by atoms with Gasteiger partial charge in [-0.25, -0.2) is 4.68 Å². The highest BCUT2D eigenvalue weighted by atomic mass is 79.9. The van der Waals surface area contributed by atoms with Crippen LogP contribution in [0.5, 0.6) is 0 Å². The Morgan fingerprint density at radius 1 is 1.33 bits per heavy atom. The third kappa shape index (κ3) is 2.32. The van der Waals surface area contributed by atoms with Crippen molar-refractivity contribution < 1.29 is 0 Å². The molecule has 0 aliphatic heterocycles. The molecule has 0 radical (unpaired) electrons. The van der Waals surface area contributed by atoms with E-state index in [-0.39, 0.29) is 0 Å². The van der Waals surface area contributed by atoms with E-state index in [9.17, 15) is 0 Å². The molecule has 0 N–H and O–H groups in total. The predicted octanol–water partition coefficient (Wildman–Crippen LogP) is 2.60. The summed E-state index contributed by atoms with van der Waals surface area (Å²) >= 11 is 5.04. The third-order valence-corrected chi connectivity index (χ3v) is 3.41. The van der Waals surface area contributed by atoms with E-state index in [1.54, 1.807) is 22.2 Å². The minimum Gasteiger partial charge on any atom is -0.202 e. The van der Waals surface area contributed by atoms with Crippen LogP contribution in [0.3, 0.4) is 0 Å². The molecule has 0 bridgehead atoms. The van der Waals surface area contributed by atoms with E-state index in [2.05, 4.69) is 31.2 Å². The van der Waals surface area contributed by atoms with Crippen LogP contribution in [0.15, 0.2) is 21.0 Å². The van der Waals surface area contributed by atoms with E-state index in [4.69, 9.17) is 0 Å². The number of thiophene rings is 1. The van der Waals surface area contributed by atoms with Crippen LogP contribution in [0.25, 0.3) is 0 Å². The molecule has 4 nitrogen and oxygen atoms in total. The summed E-state index contributed by atoms with van der Waals surface area (Å²) in [4.78, 5) is 1.09. The molecule has 6 heteroatoms. The SMILES string of the molecule is Cc1nnc(C)n1/N=C\c1ccc(Br)s1. The highest BCUT2D eigenvalue weighted by Crippen LogP contribution is 2.20. The van der Waals surface area contributed by atoms with Gasteiger partial charge in [-0.05, 0) is 41.9 Å². The van der Waals surface area contributed by atoms with Gasteiger partial charge in [-0.15, -0.1) is 21.5 Å². The Balaban J connectivity index is 2.25. The normalized spacial score (nSPS) is 11.4. The zero-order chi connectivity index (χ0) is 10.8. The molecule has 0 spiro atoms. The molecule has 78 valence electrons. The monoisotopic (exact) mass is 284 g/mol. The molecule has 0 amide bonds. The van der Waals surface area contributed by atoms with Crippen molar-refractivity contribution in [1.29, 1.82) is 0 Å². The molecule has 15 heavy (non-hydrogen) atoms. The first-order valence-corrected chi connectivity index (χ1v) is 5.96. The summed E-state index contributed by atoms with van der Waals surface area (Å²) in [6.45, 7) is 3.75. The third-order valence-electron chi connectivity index (χ3n) is 1.85. The van der Waals surface area contributed by atoms with E-state index in [1.165, 1.54) is 0 Å². The Kier molecular flexibility index (Phi) is 2.97. The second-order valence-electron chi connectivity index (χ2n) is 2.99. The lowest BCUT2D eigenvalue weighted by molar-refractivity contribution is 0.799. The maximum absolute atomic E-state index is 4.31. The smallest absolute Gasteiger partial charge is 0.151 e. The van der Waals surface area contributed by atoms with E-state index < -0.39 is 0 Å². The first kappa shape index (κ1) is 10.5. The molecule has 2 heterocycles. The van der Waals surface area contributed by atoms with Crippen molar-refractivity contribution in [2.24, 2.45) is 5.10 Å². The van der Waals surface area contributed by atoms with Crippen LogP contribution in [-0.4, -0.2) is 21.1 Å². The lowest BCUT2D eigenvalue weighted by Crippen LogP contribution is -1.95. The summed E-state index contributed by atoms with van der Waals surface area (Å²) in [5.41, 5.74) is 0. The minimum atomic E-state index is 0.791. The Labute approximate surface area is 99.8 Å². The zero-order valence-electron chi connectivity index (χ0n) is 8.31. The Morgan fingerprint density at radius 3 is 2.53 bits per heavy atom. The number of hydrogen-bond donors (Lipinski definition) is 0. The summed E-state index contributed by atoms with van der Waals surface area (Å²) in [5, 5.41) is 12.2. The van der Waals surface area contributed by atoms with Gasteiger partial charge in [0.15, 0.2) is 11.6 Å². The molecule has 0 saturated heterocycles. The van der Waals surface area contributed by atoms with Gasteiger partial charge in [0, 0.05) is 4.88 Å². The quantitative estimate of drug-likeness (QED) is 0.796. The van der Waals surface area contributed by atoms with Gasteiger partial charge >= 0.3 is 0 Å². The zero-order valence-corrected chi connectivity index (χ0v) is 10.7. The molecule has 2 aromatic rings. The standard InChI is InChI=1S/C9H9BrN4S/c1-6-12-13-7(2)14(6)11-5-8-3-4-9(10)15-8/h3-5H,1-2H3/b11-5-. The molecule has 0 saturated carbocycles. The summed E-state index contributed by atoms with van der Waals surface area (Å²) in [6.07, 6.45) is 1.80. The molecule has 0 aromatic carbocycles. The number of halogens is 1. The lowest BCUT2D eigenvalue weighted by Gasteiger charge is -1.95. The van der Waals surface area contributed by atoms with Crippen molar-refractivity contribution in [3.05, 3.63) is 32.4 Å². The average Bonchev–Trinajstić information content (AvgIpc) is 2.73. The van der Waals surface area contributed by atoms with E-state index >= 15 is 0 Å². The molecule has 2 aromatic heterocycles. The number of hydrogen-bond acceptors (Lipinski definition) is 4. The van der Waals surface area contributed by atoms with Crippen molar-refractivity contribution in [2.45, 2.75) is 13.8 Å². The van der Waals surface area contributed by atoms with Crippen LogP contribution >= 0.6 is 27.3 Å². The second-order valence-corrected chi connectivity index (χ2v) is 5.49. The summed E-state index contributed by atoms with van der Waals surface area (Å²) in [5.74, 6) is 1.58. The van der Waals surface area contributed by atoms with Gasteiger partial charge in [0.2, 0.25) is 0 Å². The van der Waals surface area contributed by atoms with Crippen LogP contribution in [0.2, 0.25) is 0 Å². The molecule has 0 aliphatic carbocycles. The maximum atomic E-state index is 4.31. The number of rotatable bonds is 2. The van der Waals surface area contributed by atoms with Crippen LogP contribution in [0, 0.1) is 13.8 Å². The Morgan fingerprint density at radius 2 is 2.00 bits per heavy atom. The van der Waals surface area contributed by atoms with Gasteiger partial charge in [-0.1, -0.05) is 0 Å². The lowest BCUT2D eigenvalue weighted by atomic mass is 10.5. The van der Waals surface area contributed by atoms with Crippen LogP contribution < -0.4 is 0 Å². The van der Waals surface area contributed by atoms with Crippen LogP contribution in [-0.2, 0) is 0 Å². The van der Waals surface area contributed by atoms with Crippen molar-refractivity contribution in [1.82, 2.24) is 14.9 Å². The maximum Gasteiger partial charge on any atom is 0.151 e. The summed E-state index contributed by atoms with van der Waals surface area (Å²) < 4.78 is 2.81. The van der Waals surface area contributed by atoms with E-state index in [1.807, 2.05) is 26.0 Å². The Bertz CT molecular complexity index is 480. The van der Waals surface area contributed by atoms with Crippen molar-refractivity contribution in [3.63, 3.8) is 0 Å². The van der Waals surface area contributed by atoms with Crippen LogP contribution in [0.4, 0.5) is 0 Å².